The van der Waals surface area contributed by atoms with Crippen LogP contribution in [-0.4, -0.2) is 28.7 Å². The minimum absolute atomic E-state index is 0.0707. The average molecular weight is 485 g/mol. The number of fused-ring (bicyclic) bond motifs is 1. The molecule has 0 N–H and O–H groups in total. The van der Waals surface area contributed by atoms with Gasteiger partial charge in [0, 0.05) is 39.0 Å². The van der Waals surface area contributed by atoms with E-state index in [4.69, 9.17) is 4.74 Å². The van der Waals surface area contributed by atoms with Crippen LogP contribution in [-0.2, 0) is 12.5 Å². The maximum Gasteiger partial charge on any atom is 0.252 e. The number of aryl methyl sites for hydroxylation is 1. The van der Waals surface area contributed by atoms with Crippen LogP contribution in [0.25, 0.3) is 11.0 Å². The molecule has 2 aliphatic rings. The lowest BCUT2D eigenvalue weighted by Gasteiger charge is -2.38. The molecule has 36 heavy (non-hydrogen) atoms. The minimum Gasteiger partial charge on any atom is -0.490 e. The lowest BCUT2D eigenvalue weighted by atomic mass is 9.67. The Hall–Kier alpha value is -3.33. The van der Waals surface area contributed by atoms with E-state index in [0.717, 1.165) is 48.8 Å². The molecule has 2 aromatic heterocycles. The summed E-state index contributed by atoms with van der Waals surface area (Å²) in [4.78, 5) is 19.3. The fraction of sp³-hybridized carbons (Fsp3) is 0.500. The lowest BCUT2D eigenvalue weighted by Crippen LogP contribution is -2.39. The van der Waals surface area contributed by atoms with Crippen LogP contribution in [0.3, 0.4) is 0 Å². The molecule has 6 heteroatoms. The average Bonchev–Trinajstić information content (AvgIpc) is 2.92. The van der Waals surface area contributed by atoms with Gasteiger partial charge in [0.25, 0.3) is 5.56 Å². The molecule has 3 aromatic rings. The number of benzene rings is 1. The Labute approximate surface area is 213 Å². The first kappa shape index (κ1) is 24.4. The zero-order valence-electron chi connectivity index (χ0n) is 21.7. The zero-order chi connectivity index (χ0) is 25.3. The number of nitrogens with zero attached hydrogens (tertiary/aromatic N) is 4. The predicted molar refractivity (Wildman–Crippen MR) is 144 cm³/mol. The Kier molecular flexibility index (Phi) is 6.75. The Morgan fingerprint density at radius 3 is 2.36 bits per heavy atom. The molecule has 1 aliphatic heterocycles. The topological polar surface area (TPSA) is 71.2 Å². The van der Waals surface area contributed by atoms with E-state index in [-0.39, 0.29) is 17.1 Å². The second-order valence-corrected chi connectivity index (χ2v) is 11.0. The third-order valence-electron chi connectivity index (χ3n) is 8.49. The Morgan fingerprint density at radius 2 is 1.69 bits per heavy atom. The summed E-state index contributed by atoms with van der Waals surface area (Å²) in [5.74, 6) is 1.68. The summed E-state index contributed by atoms with van der Waals surface area (Å²) in [5.41, 5.74) is 4.13. The summed E-state index contributed by atoms with van der Waals surface area (Å²) in [5, 5.41) is 9.31. The van der Waals surface area contributed by atoms with Crippen LogP contribution in [0.2, 0.25) is 0 Å². The van der Waals surface area contributed by atoms with E-state index in [9.17, 15) is 10.1 Å². The van der Waals surface area contributed by atoms with Crippen LogP contribution < -0.4 is 15.2 Å². The molecule has 5 rings (SSSR count). The molecule has 0 amide bonds. The predicted octanol–water partition coefficient (Wildman–Crippen LogP) is 5.71. The van der Waals surface area contributed by atoms with Crippen molar-refractivity contribution in [3.05, 3.63) is 64.1 Å². The van der Waals surface area contributed by atoms with Crippen molar-refractivity contribution in [2.75, 3.05) is 18.0 Å². The van der Waals surface area contributed by atoms with Gasteiger partial charge in [-0.1, -0.05) is 45.2 Å². The van der Waals surface area contributed by atoms with E-state index in [1.54, 1.807) is 29.8 Å². The summed E-state index contributed by atoms with van der Waals surface area (Å²) in [6, 6.07) is 16.0. The van der Waals surface area contributed by atoms with Gasteiger partial charge in [-0.3, -0.25) is 4.79 Å². The van der Waals surface area contributed by atoms with Gasteiger partial charge in [-0.15, -0.1) is 0 Å². The van der Waals surface area contributed by atoms with E-state index in [1.165, 1.54) is 37.7 Å². The van der Waals surface area contributed by atoms with Crippen molar-refractivity contribution in [2.24, 2.45) is 13.0 Å². The van der Waals surface area contributed by atoms with Gasteiger partial charge in [-0.2, -0.15) is 5.26 Å². The molecule has 0 radical (unpaired) electrons. The summed E-state index contributed by atoms with van der Waals surface area (Å²) < 4.78 is 7.95. The maximum absolute atomic E-state index is 12.6. The van der Waals surface area contributed by atoms with Crippen molar-refractivity contribution in [3.8, 4) is 11.8 Å². The van der Waals surface area contributed by atoms with Crippen molar-refractivity contribution in [1.29, 1.82) is 5.26 Å². The van der Waals surface area contributed by atoms with Crippen LogP contribution in [0.15, 0.2) is 47.3 Å². The van der Waals surface area contributed by atoms with Gasteiger partial charge in [0.2, 0.25) is 0 Å². The number of pyridine rings is 2. The van der Waals surface area contributed by atoms with Crippen molar-refractivity contribution >= 4 is 16.7 Å². The molecule has 3 heterocycles. The van der Waals surface area contributed by atoms with Gasteiger partial charge < -0.3 is 14.2 Å². The molecule has 188 valence electrons. The van der Waals surface area contributed by atoms with Gasteiger partial charge in [-0.05, 0) is 54.0 Å². The molecule has 1 saturated carbocycles. The summed E-state index contributed by atoms with van der Waals surface area (Å²) >= 11 is 0. The Morgan fingerprint density at radius 1 is 1.00 bits per heavy atom. The lowest BCUT2D eigenvalue weighted by molar-refractivity contribution is 0.170. The van der Waals surface area contributed by atoms with Gasteiger partial charge >= 0.3 is 0 Å². The largest absolute Gasteiger partial charge is 0.490 e. The highest BCUT2D eigenvalue weighted by atomic mass is 16.5. The van der Waals surface area contributed by atoms with Crippen LogP contribution in [0.5, 0.6) is 5.75 Å². The third-order valence-corrected chi connectivity index (χ3v) is 8.49. The van der Waals surface area contributed by atoms with Gasteiger partial charge in [0.1, 0.15) is 29.1 Å². The van der Waals surface area contributed by atoms with E-state index in [1.807, 2.05) is 0 Å². The second-order valence-electron chi connectivity index (χ2n) is 11.0. The molecule has 0 bridgehead atoms. The quantitative estimate of drug-likeness (QED) is 0.464. The fourth-order valence-electron chi connectivity index (χ4n) is 6.05. The second kappa shape index (κ2) is 9.97. The van der Waals surface area contributed by atoms with Crippen LogP contribution in [0.4, 0.5) is 5.69 Å². The highest BCUT2D eigenvalue weighted by Crippen LogP contribution is 2.41. The highest BCUT2D eigenvalue weighted by molar-refractivity contribution is 5.88. The van der Waals surface area contributed by atoms with Crippen molar-refractivity contribution in [1.82, 2.24) is 9.55 Å². The smallest absolute Gasteiger partial charge is 0.252 e. The molecular formula is C30H36N4O2. The SMILES string of the molecule is Cn1c(=O)cc(N2CCC(Oc3ccc(C(C)(C)C4CCCCC4)cc3)CC2)c2nc(C#N)ccc21. The van der Waals surface area contributed by atoms with Crippen molar-refractivity contribution in [3.63, 3.8) is 0 Å². The number of anilines is 1. The Bertz CT molecular complexity index is 1320. The number of hydrogen-bond donors (Lipinski definition) is 0. The number of piperidine rings is 1. The first-order chi connectivity index (χ1) is 17.4. The number of nitriles is 1. The summed E-state index contributed by atoms with van der Waals surface area (Å²) in [6.07, 6.45) is 8.63. The highest BCUT2D eigenvalue weighted by Gasteiger charge is 2.32. The molecule has 2 fully saturated rings. The van der Waals surface area contributed by atoms with E-state index in [2.05, 4.69) is 54.1 Å². The monoisotopic (exact) mass is 484 g/mol. The molecule has 0 spiro atoms. The van der Waals surface area contributed by atoms with Crippen LogP contribution in [0.1, 0.15) is 70.1 Å². The van der Waals surface area contributed by atoms with Crippen molar-refractivity contribution in [2.45, 2.75) is 70.3 Å². The van der Waals surface area contributed by atoms with E-state index in [0.29, 0.717) is 11.2 Å². The van der Waals surface area contributed by atoms with E-state index >= 15 is 0 Å². The first-order valence-corrected chi connectivity index (χ1v) is 13.3. The molecule has 6 nitrogen and oxygen atoms in total. The van der Waals surface area contributed by atoms with Crippen molar-refractivity contribution < 1.29 is 4.74 Å². The van der Waals surface area contributed by atoms with Crippen LogP contribution >= 0.6 is 0 Å². The third kappa shape index (κ3) is 4.72. The Balaban J connectivity index is 1.26. The van der Waals surface area contributed by atoms with Gasteiger partial charge in [0.05, 0.1) is 11.2 Å². The standard InChI is InChI=1S/C30H36N4O2/c1-30(2,21-7-5-4-6-8-21)22-9-12-24(13-10-22)36-25-15-17-34(18-16-25)27-19-28(35)33(3)26-14-11-23(20-31)32-29(26)27/h9-14,19,21,25H,4-8,15-18H2,1-3H3. The number of aromatic nitrogens is 2. The summed E-state index contributed by atoms with van der Waals surface area (Å²) in [6.45, 7) is 6.34. The van der Waals surface area contributed by atoms with Crippen LogP contribution in [0, 0.1) is 17.2 Å². The molecule has 1 aromatic carbocycles. The first-order valence-electron chi connectivity index (χ1n) is 13.3. The zero-order valence-corrected chi connectivity index (χ0v) is 21.7. The maximum atomic E-state index is 12.6. The molecule has 1 saturated heterocycles. The number of rotatable bonds is 5. The molecular weight excluding hydrogens is 448 g/mol. The summed E-state index contributed by atoms with van der Waals surface area (Å²) in [7, 11) is 1.74. The van der Waals surface area contributed by atoms with Gasteiger partial charge in [-0.25, -0.2) is 4.98 Å². The number of hydrogen-bond acceptors (Lipinski definition) is 5. The van der Waals surface area contributed by atoms with E-state index < -0.39 is 0 Å². The van der Waals surface area contributed by atoms with Gasteiger partial charge in [0.15, 0.2) is 0 Å². The fourth-order valence-corrected chi connectivity index (χ4v) is 6.05. The number of ether oxygens (including phenoxy) is 1. The minimum atomic E-state index is -0.0707. The normalized spacial score (nSPS) is 17.8. The molecule has 1 aliphatic carbocycles. The molecule has 0 atom stereocenters. The molecule has 0 unspecified atom stereocenters.